The van der Waals surface area contributed by atoms with Crippen LogP contribution in [0.1, 0.15) is 39.9 Å². The number of methoxy groups -OCH3 is 1. The molecule has 0 amide bonds. The molecule has 0 bridgehead atoms. The average molecular weight is 340 g/mol. The number of fused-ring (bicyclic) bond motifs is 3. The van der Waals surface area contributed by atoms with Crippen molar-refractivity contribution >= 4 is 23.3 Å². The minimum atomic E-state index is -0.301. The van der Waals surface area contributed by atoms with E-state index in [4.69, 9.17) is 16.3 Å². The van der Waals surface area contributed by atoms with Crippen molar-refractivity contribution in [2.45, 2.75) is 18.4 Å². The van der Waals surface area contributed by atoms with E-state index in [2.05, 4.69) is 23.5 Å². The second-order valence-corrected chi connectivity index (χ2v) is 6.70. The van der Waals surface area contributed by atoms with E-state index in [0.29, 0.717) is 11.5 Å². The molecule has 3 nitrogen and oxygen atoms in total. The number of benzene rings is 2. The molecule has 1 N–H and O–H groups in total. The van der Waals surface area contributed by atoms with Crippen LogP contribution in [0.2, 0.25) is 5.02 Å². The van der Waals surface area contributed by atoms with Crippen LogP contribution in [-0.4, -0.2) is 13.1 Å². The predicted molar refractivity (Wildman–Crippen MR) is 95.6 cm³/mol. The normalized spacial score (nSPS) is 24.0. The lowest BCUT2D eigenvalue weighted by Crippen LogP contribution is -2.29. The summed E-state index contributed by atoms with van der Waals surface area (Å²) in [5, 5.41) is 4.42. The Morgan fingerprint density at radius 3 is 2.83 bits per heavy atom. The van der Waals surface area contributed by atoms with Gasteiger partial charge >= 0.3 is 5.97 Å². The molecule has 0 spiro atoms. The van der Waals surface area contributed by atoms with Crippen molar-refractivity contribution in [3.63, 3.8) is 0 Å². The largest absolute Gasteiger partial charge is 0.465 e. The summed E-state index contributed by atoms with van der Waals surface area (Å²) in [4.78, 5) is 11.8. The number of hydrogen-bond donors (Lipinski definition) is 1. The summed E-state index contributed by atoms with van der Waals surface area (Å²) in [6, 6.07) is 13.9. The first-order chi connectivity index (χ1) is 11.7. The van der Waals surface area contributed by atoms with Gasteiger partial charge in [0, 0.05) is 16.6 Å². The van der Waals surface area contributed by atoms with E-state index in [0.717, 1.165) is 28.3 Å². The summed E-state index contributed by atoms with van der Waals surface area (Å²) in [7, 11) is 1.41. The summed E-state index contributed by atoms with van der Waals surface area (Å²) >= 11 is 6.44. The number of anilines is 1. The van der Waals surface area contributed by atoms with Crippen molar-refractivity contribution in [2.24, 2.45) is 5.92 Å². The highest BCUT2D eigenvalue weighted by Gasteiger charge is 2.38. The van der Waals surface area contributed by atoms with E-state index in [1.165, 1.54) is 7.11 Å². The third-order valence-electron chi connectivity index (χ3n) is 5.02. The van der Waals surface area contributed by atoms with Crippen molar-refractivity contribution in [2.75, 3.05) is 12.4 Å². The minimum absolute atomic E-state index is 0.162. The second kappa shape index (κ2) is 5.99. The van der Waals surface area contributed by atoms with Gasteiger partial charge in [0.05, 0.1) is 18.7 Å². The number of ether oxygens (including phenoxy) is 1. The third kappa shape index (κ3) is 2.40. The molecule has 24 heavy (non-hydrogen) atoms. The predicted octanol–water partition coefficient (Wildman–Crippen LogP) is 4.95. The first-order valence-corrected chi connectivity index (χ1v) is 8.46. The molecule has 0 aromatic heterocycles. The molecule has 1 aliphatic carbocycles. The lowest BCUT2D eigenvalue weighted by Gasteiger charge is -2.38. The molecular formula is C20H18ClNO2. The molecule has 3 atom stereocenters. The Morgan fingerprint density at radius 1 is 1.21 bits per heavy atom. The Hall–Kier alpha value is -2.26. The molecule has 2 aromatic rings. The first-order valence-electron chi connectivity index (χ1n) is 8.09. The van der Waals surface area contributed by atoms with E-state index in [1.807, 2.05) is 30.3 Å². The van der Waals surface area contributed by atoms with Gasteiger partial charge in [-0.3, -0.25) is 0 Å². The molecule has 4 rings (SSSR count). The zero-order valence-corrected chi connectivity index (χ0v) is 14.1. The third-order valence-corrected chi connectivity index (χ3v) is 5.37. The molecule has 2 aliphatic rings. The van der Waals surface area contributed by atoms with Gasteiger partial charge in [-0.1, -0.05) is 42.0 Å². The van der Waals surface area contributed by atoms with E-state index >= 15 is 0 Å². The SMILES string of the molecule is COC(=O)c1ccc2c(c1)[C@@H]1C=CC[C@@H]1[C@@H](c1ccccc1Cl)N2. The van der Waals surface area contributed by atoms with Crippen LogP contribution in [0.15, 0.2) is 54.6 Å². The van der Waals surface area contributed by atoms with Crippen LogP contribution < -0.4 is 5.32 Å². The highest BCUT2D eigenvalue weighted by Crippen LogP contribution is 2.50. The number of carbonyl (C=O) groups is 1. The Balaban J connectivity index is 1.78. The maximum absolute atomic E-state index is 11.8. The van der Waals surface area contributed by atoms with Gasteiger partial charge in [0.25, 0.3) is 0 Å². The Kier molecular flexibility index (Phi) is 3.81. The molecule has 1 aliphatic heterocycles. The summed E-state index contributed by atoms with van der Waals surface area (Å²) in [5.74, 6) is 0.377. The van der Waals surface area contributed by atoms with Crippen molar-refractivity contribution < 1.29 is 9.53 Å². The Labute approximate surface area is 146 Å². The lowest BCUT2D eigenvalue weighted by molar-refractivity contribution is 0.0600. The van der Waals surface area contributed by atoms with Crippen LogP contribution in [0, 0.1) is 5.92 Å². The van der Waals surface area contributed by atoms with E-state index in [-0.39, 0.29) is 17.9 Å². The fourth-order valence-electron chi connectivity index (χ4n) is 3.87. The fraction of sp³-hybridized carbons (Fsp3) is 0.250. The molecule has 0 saturated carbocycles. The van der Waals surface area contributed by atoms with Crippen LogP contribution in [0.3, 0.4) is 0 Å². The highest BCUT2D eigenvalue weighted by atomic mass is 35.5. The quantitative estimate of drug-likeness (QED) is 0.621. The molecule has 1 heterocycles. The number of nitrogens with one attached hydrogen (secondary N) is 1. The lowest BCUT2D eigenvalue weighted by atomic mass is 9.76. The Bertz CT molecular complexity index is 830. The van der Waals surface area contributed by atoms with Gasteiger partial charge in [-0.25, -0.2) is 4.79 Å². The van der Waals surface area contributed by atoms with Crippen molar-refractivity contribution in [3.8, 4) is 0 Å². The summed E-state index contributed by atoms with van der Waals surface area (Å²) in [5.41, 5.74) is 3.93. The van der Waals surface area contributed by atoms with Crippen LogP contribution in [0.25, 0.3) is 0 Å². The second-order valence-electron chi connectivity index (χ2n) is 6.29. The molecule has 0 unspecified atom stereocenters. The molecule has 0 saturated heterocycles. The van der Waals surface area contributed by atoms with Crippen molar-refractivity contribution in [1.29, 1.82) is 0 Å². The van der Waals surface area contributed by atoms with Gasteiger partial charge < -0.3 is 10.1 Å². The number of hydrogen-bond acceptors (Lipinski definition) is 3. The van der Waals surface area contributed by atoms with Crippen LogP contribution in [-0.2, 0) is 4.74 Å². The summed E-state index contributed by atoms with van der Waals surface area (Å²) < 4.78 is 4.85. The standard InChI is InChI=1S/C20H18ClNO2/c1-24-20(23)12-9-10-18-16(11-12)13-6-4-7-14(13)19(22-18)15-5-2-3-8-17(15)21/h2-6,8-11,13-14,19,22H,7H2,1H3/t13-,14+,19+/m1/s1. The summed E-state index contributed by atoms with van der Waals surface area (Å²) in [6.07, 6.45) is 5.46. The average Bonchev–Trinajstić information content (AvgIpc) is 3.10. The van der Waals surface area contributed by atoms with Gasteiger partial charge in [-0.15, -0.1) is 0 Å². The van der Waals surface area contributed by atoms with Gasteiger partial charge in [0.2, 0.25) is 0 Å². The zero-order valence-electron chi connectivity index (χ0n) is 13.3. The molecule has 4 heteroatoms. The number of rotatable bonds is 2. The number of allylic oxidation sites excluding steroid dienone is 2. The van der Waals surface area contributed by atoms with E-state index < -0.39 is 0 Å². The van der Waals surface area contributed by atoms with Gasteiger partial charge in [0.1, 0.15) is 0 Å². The molecule has 0 fully saturated rings. The van der Waals surface area contributed by atoms with Crippen LogP contribution >= 0.6 is 11.6 Å². The van der Waals surface area contributed by atoms with E-state index in [1.54, 1.807) is 6.07 Å². The van der Waals surface area contributed by atoms with Crippen molar-refractivity contribution in [3.05, 3.63) is 76.3 Å². The van der Waals surface area contributed by atoms with Crippen LogP contribution in [0.5, 0.6) is 0 Å². The zero-order chi connectivity index (χ0) is 16.7. The fourth-order valence-corrected chi connectivity index (χ4v) is 4.13. The smallest absolute Gasteiger partial charge is 0.337 e. The topological polar surface area (TPSA) is 38.3 Å². The summed E-state index contributed by atoms with van der Waals surface area (Å²) in [6.45, 7) is 0. The minimum Gasteiger partial charge on any atom is -0.465 e. The first kappa shape index (κ1) is 15.3. The van der Waals surface area contributed by atoms with Crippen LogP contribution in [0.4, 0.5) is 5.69 Å². The molecular weight excluding hydrogens is 322 g/mol. The molecule has 122 valence electrons. The molecule has 2 aromatic carbocycles. The number of esters is 1. The maximum atomic E-state index is 11.8. The number of halogens is 1. The van der Waals surface area contributed by atoms with Gasteiger partial charge in [0.15, 0.2) is 0 Å². The van der Waals surface area contributed by atoms with Gasteiger partial charge in [-0.05, 0) is 47.7 Å². The monoisotopic (exact) mass is 339 g/mol. The van der Waals surface area contributed by atoms with Gasteiger partial charge in [-0.2, -0.15) is 0 Å². The Morgan fingerprint density at radius 2 is 2.04 bits per heavy atom. The maximum Gasteiger partial charge on any atom is 0.337 e. The van der Waals surface area contributed by atoms with Crippen molar-refractivity contribution in [1.82, 2.24) is 0 Å². The molecule has 0 radical (unpaired) electrons. The number of carbonyl (C=O) groups excluding carboxylic acids is 1. The van der Waals surface area contributed by atoms with E-state index in [9.17, 15) is 4.79 Å². The highest BCUT2D eigenvalue weighted by molar-refractivity contribution is 6.31.